The molecule has 0 atom stereocenters. The number of benzene rings is 2. The van der Waals surface area contributed by atoms with Gasteiger partial charge in [0, 0.05) is 35.4 Å². The summed E-state index contributed by atoms with van der Waals surface area (Å²) in [6.45, 7) is 3.92. The van der Waals surface area contributed by atoms with Crippen LogP contribution < -0.4 is 10.7 Å². The summed E-state index contributed by atoms with van der Waals surface area (Å²) in [6.07, 6.45) is 1.75. The molecule has 0 aliphatic rings. The zero-order valence-electron chi connectivity index (χ0n) is 15.0. The predicted octanol–water partition coefficient (Wildman–Crippen LogP) is 3.34. The number of nitrogens with one attached hydrogen (secondary N) is 2. The molecule has 140 valence electrons. The molecule has 2 rings (SSSR count). The van der Waals surface area contributed by atoms with E-state index in [4.69, 9.17) is 0 Å². The summed E-state index contributed by atoms with van der Waals surface area (Å²) in [5.41, 5.74) is 3.77. The molecule has 0 spiro atoms. The summed E-state index contributed by atoms with van der Waals surface area (Å²) >= 11 is 0. The molecular formula is C19H20N4O4. The van der Waals surface area contributed by atoms with Crippen molar-refractivity contribution in [3.8, 4) is 0 Å². The van der Waals surface area contributed by atoms with Gasteiger partial charge in [-0.25, -0.2) is 5.43 Å². The number of non-ortho nitro benzene ring substituents is 1. The first-order valence-electron chi connectivity index (χ1n) is 8.33. The van der Waals surface area contributed by atoms with Gasteiger partial charge in [0.1, 0.15) is 0 Å². The summed E-state index contributed by atoms with van der Waals surface area (Å²) < 4.78 is 0. The van der Waals surface area contributed by atoms with Crippen LogP contribution in [0.25, 0.3) is 0 Å². The van der Waals surface area contributed by atoms with Gasteiger partial charge in [0.05, 0.1) is 11.1 Å². The highest BCUT2D eigenvalue weighted by Gasteiger charge is 2.08. The van der Waals surface area contributed by atoms with Crippen molar-refractivity contribution < 1.29 is 14.5 Å². The lowest BCUT2D eigenvalue weighted by molar-refractivity contribution is -0.384. The quantitative estimate of drug-likeness (QED) is 0.443. The third-order valence-corrected chi connectivity index (χ3v) is 3.49. The van der Waals surface area contributed by atoms with Crippen LogP contribution in [-0.2, 0) is 4.79 Å². The molecule has 27 heavy (non-hydrogen) atoms. The summed E-state index contributed by atoms with van der Waals surface area (Å²) in [4.78, 5) is 34.0. The average molecular weight is 368 g/mol. The van der Waals surface area contributed by atoms with E-state index in [0.29, 0.717) is 23.2 Å². The van der Waals surface area contributed by atoms with Gasteiger partial charge < -0.3 is 5.32 Å². The Balaban J connectivity index is 1.93. The number of nitrogens with zero attached hydrogens (tertiary/aromatic N) is 2. The van der Waals surface area contributed by atoms with Crippen LogP contribution in [0.15, 0.2) is 53.6 Å². The van der Waals surface area contributed by atoms with Gasteiger partial charge in [-0.3, -0.25) is 19.7 Å². The summed E-state index contributed by atoms with van der Waals surface area (Å²) in [5, 5.41) is 17.3. The Bertz CT molecular complexity index is 860. The molecular weight excluding hydrogens is 348 g/mol. The zero-order valence-corrected chi connectivity index (χ0v) is 15.0. The monoisotopic (exact) mass is 368 g/mol. The third kappa shape index (κ3) is 6.35. The van der Waals surface area contributed by atoms with Crippen LogP contribution in [0.5, 0.6) is 0 Å². The number of rotatable bonds is 7. The van der Waals surface area contributed by atoms with E-state index >= 15 is 0 Å². The van der Waals surface area contributed by atoms with Gasteiger partial charge in [0.2, 0.25) is 5.91 Å². The van der Waals surface area contributed by atoms with Crippen LogP contribution in [0, 0.1) is 16.0 Å². The fourth-order valence-electron chi connectivity index (χ4n) is 2.24. The number of hydrazone groups is 1. The van der Waals surface area contributed by atoms with Crippen molar-refractivity contribution in [1.29, 1.82) is 0 Å². The van der Waals surface area contributed by atoms with E-state index in [1.165, 1.54) is 24.4 Å². The fraction of sp³-hybridized carbons (Fsp3) is 0.211. The molecule has 2 amide bonds. The van der Waals surface area contributed by atoms with E-state index < -0.39 is 10.8 Å². The highest BCUT2D eigenvalue weighted by atomic mass is 16.6. The molecule has 8 heteroatoms. The first-order valence-corrected chi connectivity index (χ1v) is 8.33. The summed E-state index contributed by atoms with van der Waals surface area (Å²) in [7, 11) is 0. The molecule has 0 aromatic heterocycles. The van der Waals surface area contributed by atoms with E-state index in [0.717, 1.165) is 0 Å². The van der Waals surface area contributed by atoms with Crippen LogP contribution in [0.3, 0.4) is 0 Å². The molecule has 0 aliphatic carbocycles. The van der Waals surface area contributed by atoms with Gasteiger partial charge in [-0.2, -0.15) is 5.10 Å². The number of anilines is 1. The largest absolute Gasteiger partial charge is 0.326 e. The second-order valence-electron chi connectivity index (χ2n) is 6.27. The maximum absolute atomic E-state index is 12.1. The molecule has 2 aromatic rings. The minimum Gasteiger partial charge on any atom is -0.326 e. The number of nitro benzene ring substituents is 1. The molecule has 0 aliphatic heterocycles. The molecule has 8 nitrogen and oxygen atoms in total. The smallest absolute Gasteiger partial charge is 0.271 e. The van der Waals surface area contributed by atoms with Crippen molar-refractivity contribution in [1.82, 2.24) is 5.43 Å². The SMILES string of the molecule is CC(C)CC(=O)Nc1ccc(C(=O)NN=Cc2cccc([N+](=O)[O-])c2)cc1. The highest BCUT2D eigenvalue weighted by molar-refractivity contribution is 5.96. The molecule has 0 heterocycles. The molecule has 2 aromatic carbocycles. The Morgan fingerprint density at radius 2 is 1.89 bits per heavy atom. The molecule has 0 unspecified atom stereocenters. The molecule has 0 saturated heterocycles. The van der Waals surface area contributed by atoms with E-state index in [1.54, 1.807) is 30.3 Å². The maximum Gasteiger partial charge on any atom is 0.271 e. The Morgan fingerprint density at radius 1 is 1.19 bits per heavy atom. The van der Waals surface area contributed by atoms with Crippen molar-refractivity contribution >= 4 is 29.4 Å². The molecule has 2 N–H and O–H groups in total. The van der Waals surface area contributed by atoms with Gasteiger partial charge in [-0.15, -0.1) is 0 Å². The lowest BCUT2D eigenvalue weighted by atomic mass is 10.1. The van der Waals surface area contributed by atoms with Gasteiger partial charge in [-0.1, -0.05) is 26.0 Å². The standard InChI is InChI=1S/C19H20N4O4/c1-13(2)10-18(24)21-16-8-6-15(7-9-16)19(25)22-20-12-14-4-3-5-17(11-14)23(26)27/h3-9,11-13H,10H2,1-2H3,(H,21,24)(H,22,25). The van der Waals surface area contributed by atoms with Gasteiger partial charge >= 0.3 is 0 Å². The van der Waals surface area contributed by atoms with Crippen LogP contribution in [-0.4, -0.2) is 23.0 Å². The lowest BCUT2D eigenvalue weighted by Crippen LogP contribution is -2.18. The topological polar surface area (TPSA) is 114 Å². The minimum atomic E-state index is -0.503. The Labute approximate surface area is 156 Å². The normalized spacial score (nSPS) is 10.8. The third-order valence-electron chi connectivity index (χ3n) is 3.49. The minimum absolute atomic E-state index is 0.0552. The number of carbonyl (C=O) groups excluding carboxylic acids is 2. The Morgan fingerprint density at radius 3 is 2.52 bits per heavy atom. The van der Waals surface area contributed by atoms with Crippen LogP contribution in [0.1, 0.15) is 36.2 Å². The van der Waals surface area contributed by atoms with E-state index in [-0.39, 0.29) is 17.5 Å². The molecule has 0 saturated carbocycles. The van der Waals surface area contributed by atoms with Gasteiger partial charge in [0.15, 0.2) is 0 Å². The predicted molar refractivity (Wildman–Crippen MR) is 103 cm³/mol. The molecule has 0 fully saturated rings. The van der Waals surface area contributed by atoms with Crippen LogP contribution in [0.2, 0.25) is 0 Å². The van der Waals surface area contributed by atoms with Crippen molar-refractivity contribution in [2.75, 3.05) is 5.32 Å². The van der Waals surface area contributed by atoms with Gasteiger partial charge in [-0.05, 0) is 30.2 Å². The van der Waals surface area contributed by atoms with Gasteiger partial charge in [0.25, 0.3) is 11.6 Å². The van der Waals surface area contributed by atoms with Crippen LogP contribution >= 0.6 is 0 Å². The number of carbonyl (C=O) groups is 2. The second-order valence-corrected chi connectivity index (χ2v) is 6.27. The Hall–Kier alpha value is -3.55. The zero-order chi connectivity index (χ0) is 19.8. The lowest BCUT2D eigenvalue weighted by Gasteiger charge is -2.07. The van der Waals surface area contributed by atoms with E-state index in [1.807, 2.05) is 13.8 Å². The Kier molecular flexibility index (Phi) is 6.76. The average Bonchev–Trinajstić information content (AvgIpc) is 2.61. The highest BCUT2D eigenvalue weighted by Crippen LogP contribution is 2.12. The second kappa shape index (κ2) is 9.23. The van der Waals surface area contributed by atoms with Crippen LogP contribution in [0.4, 0.5) is 11.4 Å². The number of nitro groups is 1. The number of hydrogen-bond donors (Lipinski definition) is 2. The van der Waals surface area contributed by atoms with Crippen molar-refractivity contribution in [3.63, 3.8) is 0 Å². The van der Waals surface area contributed by atoms with E-state index in [2.05, 4.69) is 15.8 Å². The first kappa shape index (κ1) is 19.8. The summed E-state index contributed by atoms with van der Waals surface area (Å²) in [5.74, 6) is -0.251. The van der Waals surface area contributed by atoms with Crippen molar-refractivity contribution in [2.24, 2.45) is 11.0 Å². The van der Waals surface area contributed by atoms with E-state index in [9.17, 15) is 19.7 Å². The number of amides is 2. The first-order chi connectivity index (χ1) is 12.8. The fourth-order valence-corrected chi connectivity index (χ4v) is 2.24. The molecule has 0 radical (unpaired) electrons. The van der Waals surface area contributed by atoms with Crippen molar-refractivity contribution in [3.05, 3.63) is 69.8 Å². The molecule has 0 bridgehead atoms. The number of hydrogen-bond acceptors (Lipinski definition) is 5. The van der Waals surface area contributed by atoms with Crippen molar-refractivity contribution in [2.45, 2.75) is 20.3 Å². The maximum atomic E-state index is 12.1. The summed E-state index contributed by atoms with van der Waals surface area (Å²) in [6, 6.07) is 12.3.